The van der Waals surface area contributed by atoms with Gasteiger partial charge in [0, 0.05) is 6.04 Å². The molecule has 5 N–H and O–H groups in total. The molecule has 2 rings (SSSR count). The maximum atomic E-state index is 11.8. The van der Waals surface area contributed by atoms with Gasteiger partial charge in [0.05, 0.1) is 0 Å². The molecule has 1 heterocycles. The first kappa shape index (κ1) is 19.7. The summed E-state index contributed by atoms with van der Waals surface area (Å²) in [5.74, 6) is -0.906. The summed E-state index contributed by atoms with van der Waals surface area (Å²) in [5, 5.41) is 27.5. The standard InChI is InChI=1S/C17H33BN2O4/c19-17(16(21)22,10-4-5-11-18(23)24)14-8-12-20(13-9-14)15-6-2-1-3-7-15/h14-15,23-24H,1-13,19H2,(H,21,22). The van der Waals surface area contributed by atoms with Crippen LogP contribution in [-0.4, -0.2) is 57.8 Å². The van der Waals surface area contributed by atoms with Crippen molar-refractivity contribution in [2.75, 3.05) is 13.1 Å². The van der Waals surface area contributed by atoms with Crippen molar-refractivity contribution in [3.8, 4) is 0 Å². The minimum Gasteiger partial charge on any atom is -0.480 e. The summed E-state index contributed by atoms with van der Waals surface area (Å²) in [6.07, 6.45) is 10.1. The van der Waals surface area contributed by atoms with E-state index < -0.39 is 18.6 Å². The molecule has 2 fully saturated rings. The van der Waals surface area contributed by atoms with Gasteiger partial charge in [0.2, 0.25) is 0 Å². The fraction of sp³-hybridized carbons (Fsp3) is 0.941. The lowest BCUT2D eigenvalue weighted by molar-refractivity contribution is -0.147. The molecular weight excluding hydrogens is 307 g/mol. The van der Waals surface area contributed by atoms with Crippen molar-refractivity contribution in [1.82, 2.24) is 4.90 Å². The molecule has 24 heavy (non-hydrogen) atoms. The molecule has 0 bridgehead atoms. The van der Waals surface area contributed by atoms with Crippen LogP contribution in [0.3, 0.4) is 0 Å². The summed E-state index contributed by atoms with van der Waals surface area (Å²) >= 11 is 0. The van der Waals surface area contributed by atoms with E-state index in [1.165, 1.54) is 32.1 Å². The Morgan fingerprint density at radius 2 is 1.71 bits per heavy atom. The Morgan fingerprint density at radius 1 is 1.08 bits per heavy atom. The third-order valence-corrected chi connectivity index (χ3v) is 6.05. The van der Waals surface area contributed by atoms with Crippen LogP contribution in [0.1, 0.15) is 64.2 Å². The molecule has 1 saturated carbocycles. The molecule has 6 nitrogen and oxygen atoms in total. The average molecular weight is 340 g/mol. The van der Waals surface area contributed by atoms with E-state index in [-0.39, 0.29) is 12.2 Å². The third-order valence-electron chi connectivity index (χ3n) is 6.05. The maximum Gasteiger partial charge on any atom is 0.451 e. The molecule has 0 amide bonds. The molecule has 1 unspecified atom stereocenters. The van der Waals surface area contributed by atoms with E-state index in [2.05, 4.69) is 4.90 Å². The van der Waals surface area contributed by atoms with E-state index in [4.69, 9.17) is 15.8 Å². The van der Waals surface area contributed by atoms with Crippen LogP contribution < -0.4 is 5.73 Å². The van der Waals surface area contributed by atoms with E-state index in [0.717, 1.165) is 25.9 Å². The van der Waals surface area contributed by atoms with Gasteiger partial charge in [-0.05, 0) is 57.4 Å². The lowest BCUT2D eigenvalue weighted by Crippen LogP contribution is -2.57. The van der Waals surface area contributed by atoms with Crippen LogP contribution in [0.5, 0.6) is 0 Å². The molecule has 1 aliphatic heterocycles. The van der Waals surface area contributed by atoms with Crippen molar-refractivity contribution in [2.24, 2.45) is 11.7 Å². The Kier molecular flexibility index (Phi) is 7.53. The number of unbranched alkanes of at least 4 members (excludes halogenated alkanes) is 1. The van der Waals surface area contributed by atoms with Gasteiger partial charge in [-0.25, -0.2) is 0 Å². The minimum atomic E-state index is -1.32. The highest BCUT2D eigenvalue weighted by atomic mass is 16.4. The first-order chi connectivity index (χ1) is 11.4. The summed E-state index contributed by atoms with van der Waals surface area (Å²) in [5.41, 5.74) is 5.13. The molecule has 0 aromatic carbocycles. The molecule has 0 radical (unpaired) electrons. The molecule has 1 saturated heterocycles. The number of aliphatic carboxylic acids is 1. The van der Waals surface area contributed by atoms with Crippen LogP contribution >= 0.6 is 0 Å². The molecule has 138 valence electrons. The van der Waals surface area contributed by atoms with Crippen molar-refractivity contribution in [1.29, 1.82) is 0 Å². The first-order valence-corrected chi connectivity index (χ1v) is 9.56. The first-order valence-electron chi connectivity index (χ1n) is 9.56. The van der Waals surface area contributed by atoms with Crippen molar-refractivity contribution < 1.29 is 19.9 Å². The van der Waals surface area contributed by atoms with Crippen molar-refractivity contribution in [3.05, 3.63) is 0 Å². The SMILES string of the molecule is NC(CCCCB(O)O)(C(=O)O)C1CCN(C2CCCCC2)CC1. The zero-order valence-corrected chi connectivity index (χ0v) is 14.7. The normalized spacial score (nSPS) is 23.8. The maximum absolute atomic E-state index is 11.8. The average Bonchev–Trinajstić information content (AvgIpc) is 2.59. The third kappa shape index (κ3) is 5.18. The van der Waals surface area contributed by atoms with Gasteiger partial charge in [-0.3, -0.25) is 4.79 Å². The van der Waals surface area contributed by atoms with Gasteiger partial charge in [-0.1, -0.05) is 32.1 Å². The number of nitrogens with two attached hydrogens (primary N) is 1. The molecule has 1 atom stereocenters. The van der Waals surface area contributed by atoms with E-state index in [0.29, 0.717) is 25.3 Å². The summed E-state index contributed by atoms with van der Waals surface area (Å²) < 4.78 is 0. The zero-order valence-electron chi connectivity index (χ0n) is 14.7. The molecule has 0 aromatic heterocycles. The number of rotatable bonds is 8. The number of nitrogens with zero attached hydrogens (tertiary/aromatic N) is 1. The largest absolute Gasteiger partial charge is 0.480 e. The number of hydrogen-bond donors (Lipinski definition) is 4. The van der Waals surface area contributed by atoms with E-state index in [1.807, 2.05) is 0 Å². The Hall–Kier alpha value is -0.625. The van der Waals surface area contributed by atoms with Crippen LogP contribution in [0.25, 0.3) is 0 Å². The second-order valence-corrected chi connectivity index (χ2v) is 7.67. The highest BCUT2D eigenvalue weighted by Crippen LogP contribution is 2.34. The van der Waals surface area contributed by atoms with Crippen molar-refractivity contribution in [3.63, 3.8) is 0 Å². The Labute approximate surface area is 145 Å². The van der Waals surface area contributed by atoms with Crippen molar-refractivity contribution >= 4 is 13.1 Å². The highest BCUT2D eigenvalue weighted by molar-refractivity contribution is 6.40. The van der Waals surface area contributed by atoms with Crippen LogP contribution in [0.2, 0.25) is 6.32 Å². The lowest BCUT2D eigenvalue weighted by Gasteiger charge is -2.43. The predicted molar refractivity (Wildman–Crippen MR) is 94.6 cm³/mol. The van der Waals surface area contributed by atoms with Gasteiger partial charge in [-0.2, -0.15) is 0 Å². The summed E-state index contributed by atoms with van der Waals surface area (Å²) in [4.78, 5) is 14.3. The van der Waals surface area contributed by atoms with Crippen LogP contribution in [0.15, 0.2) is 0 Å². The van der Waals surface area contributed by atoms with Gasteiger partial charge in [0.15, 0.2) is 0 Å². The summed E-state index contributed by atoms with van der Waals surface area (Å²) in [6, 6.07) is 0.683. The van der Waals surface area contributed by atoms with Gasteiger partial charge in [-0.15, -0.1) is 0 Å². The van der Waals surface area contributed by atoms with Crippen LogP contribution in [0, 0.1) is 5.92 Å². The second-order valence-electron chi connectivity index (χ2n) is 7.67. The topological polar surface area (TPSA) is 107 Å². The summed E-state index contributed by atoms with van der Waals surface area (Å²) in [6.45, 7) is 1.91. The number of piperidine rings is 1. The number of likely N-dealkylation sites (tertiary alicyclic amines) is 1. The predicted octanol–water partition coefficient (Wildman–Crippen LogP) is 1.46. The van der Waals surface area contributed by atoms with Gasteiger partial charge in [0.1, 0.15) is 5.54 Å². The monoisotopic (exact) mass is 340 g/mol. The fourth-order valence-electron chi connectivity index (χ4n) is 4.46. The zero-order chi connectivity index (χ0) is 17.6. The molecular formula is C17H33BN2O4. The minimum absolute atomic E-state index is 0.00823. The number of carboxylic acid groups (broad SMARTS) is 1. The Balaban J connectivity index is 1.84. The molecule has 2 aliphatic rings. The molecule has 0 spiro atoms. The fourth-order valence-corrected chi connectivity index (χ4v) is 4.46. The number of carboxylic acids is 1. The van der Waals surface area contributed by atoms with Gasteiger partial charge in [0.25, 0.3) is 0 Å². The Morgan fingerprint density at radius 3 is 2.25 bits per heavy atom. The van der Waals surface area contributed by atoms with E-state index in [9.17, 15) is 9.90 Å². The van der Waals surface area contributed by atoms with Gasteiger partial charge >= 0.3 is 13.1 Å². The van der Waals surface area contributed by atoms with E-state index >= 15 is 0 Å². The molecule has 0 aromatic rings. The van der Waals surface area contributed by atoms with Crippen LogP contribution in [-0.2, 0) is 4.79 Å². The summed E-state index contributed by atoms with van der Waals surface area (Å²) in [7, 11) is -1.32. The second kappa shape index (κ2) is 9.18. The van der Waals surface area contributed by atoms with Crippen LogP contribution in [0.4, 0.5) is 0 Å². The highest BCUT2D eigenvalue weighted by Gasteiger charge is 2.43. The Bertz CT molecular complexity index is 396. The number of hydrogen-bond acceptors (Lipinski definition) is 5. The molecule has 1 aliphatic carbocycles. The molecule has 7 heteroatoms. The number of carbonyl (C=O) groups is 1. The van der Waals surface area contributed by atoms with E-state index in [1.54, 1.807) is 0 Å². The quantitative estimate of drug-likeness (QED) is 0.394. The van der Waals surface area contributed by atoms with Gasteiger partial charge < -0.3 is 25.8 Å². The van der Waals surface area contributed by atoms with Crippen molar-refractivity contribution in [2.45, 2.75) is 82.1 Å². The smallest absolute Gasteiger partial charge is 0.451 e. The lowest BCUT2D eigenvalue weighted by atomic mass is 9.74.